The zero-order chi connectivity index (χ0) is 15.7. The molecule has 0 amide bonds. The van der Waals surface area contributed by atoms with Gasteiger partial charge >= 0.3 is 0 Å². The molecule has 2 rings (SSSR count). The van der Waals surface area contributed by atoms with E-state index in [2.05, 4.69) is 19.9 Å². The van der Waals surface area contributed by atoms with Gasteiger partial charge in [-0.2, -0.15) is 5.10 Å². The summed E-state index contributed by atoms with van der Waals surface area (Å²) in [7, 11) is -3.32. The summed E-state index contributed by atoms with van der Waals surface area (Å²) in [5.74, 6) is 0.573. The van der Waals surface area contributed by atoms with E-state index >= 15 is 0 Å². The van der Waals surface area contributed by atoms with E-state index in [1.54, 1.807) is 24.6 Å². The van der Waals surface area contributed by atoms with Crippen molar-refractivity contribution in [1.82, 2.24) is 24.5 Å². The van der Waals surface area contributed by atoms with Crippen molar-refractivity contribution in [3.05, 3.63) is 29.2 Å². The first kappa shape index (κ1) is 15.8. The fraction of sp³-hybridized carbons (Fsp3) is 0.417. The number of hydrogen-bond acceptors (Lipinski definition) is 5. The van der Waals surface area contributed by atoms with Crippen LogP contribution in [-0.4, -0.2) is 40.0 Å². The molecule has 0 atom stereocenters. The molecule has 21 heavy (non-hydrogen) atoms. The lowest BCUT2D eigenvalue weighted by Crippen LogP contribution is -2.46. The van der Waals surface area contributed by atoms with Gasteiger partial charge < -0.3 is 0 Å². The third-order valence-electron chi connectivity index (χ3n) is 2.67. The Bertz CT molecular complexity index is 777. The lowest BCUT2D eigenvalue weighted by molar-refractivity contribution is 0.390. The first-order valence-electron chi connectivity index (χ1n) is 6.23. The number of hydrogen-bond donors (Lipinski definition) is 2. The quantitative estimate of drug-likeness (QED) is 0.808. The highest BCUT2D eigenvalue weighted by atomic mass is 32.2. The maximum Gasteiger partial charge on any atom is 0.209 e. The molecule has 0 spiro atoms. The fourth-order valence-electron chi connectivity index (χ4n) is 2.08. The highest BCUT2D eigenvalue weighted by Crippen LogP contribution is 2.17. The minimum Gasteiger partial charge on any atom is -0.297 e. The molecule has 2 N–H and O–H groups in total. The monoisotopic (exact) mass is 327 g/mol. The van der Waals surface area contributed by atoms with E-state index in [0.29, 0.717) is 22.8 Å². The number of H-pyrrole nitrogens is 1. The van der Waals surface area contributed by atoms with Crippen molar-refractivity contribution in [3.63, 3.8) is 0 Å². The zero-order valence-corrected chi connectivity index (χ0v) is 13.6. The maximum absolute atomic E-state index is 11.4. The van der Waals surface area contributed by atoms with Crippen LogP contribution in [0.15, 0.2) is 24.4 Å². The average Bonchev–Trinajstić information content (AvgIpc) is 2.68. The van der Waals surface area contributed by atoms with Crippen molar-refractivity contribution in [2.45, 2.75) is 25.9 Å². The van der Waals surface area contributed by atoms with Gasteiger partial charge in [-0.05, 0) is 38.2 Å². The number of sulfonamides is 1. The van der Waals surface area contributed by atoms with Crippen LogP contribution in [0.5, 0.6) is 0 Å². The van der Waals surface area contributed by atoms with Crippen LogP contribution >= 0.6 is 12.2 Å². The Balaban J connectivity index is 2.38. The number of nitrogens with one attached hydrogen (secondary N) is 2. The van der Waals surface area contributed by atoms with Crippen molar-refractivity contribution < 1.29 is 8.42 Å². The zero-order valence-electron chi connectivity index (χ0n) is 12.0. The van der Waals surface area contributed by atoms with E-state index in [0.717, 1.165) is 6.26 Å². The Morgan fingerprint density at radius 1 is 1.43 bits per heavy atom. The van der Waals surface area contributed by atoms with Gasteiger partial charge in [0.25, 0.3) is 0 Å². The van der Waals surface area contributed by atoms with Gasteiger partial charge in [-0.15, -0.1) is 0 Å². The van der Waals surface area contributed by atoms with Crippen LogP contribution in [0.25, 0.3) is 11.5 Å². The van der Waals surface area contributed by atoms with E-state index in [4.69, 9.17) is 12.2 Å². The Hall–Kier alpha value is -1.58. The molecule has 0 aliphatic rings. The summed E-state index contributed by atoms with van der Waals surface area (Å²) in [5.41, 5.74) is -0.0424. The molecule has 2 aromatic heterocycles. The third kappa shape index (κ3) is 4.19. The highest BCUT2D eigenvalue weighted by Gasteiger charge is 2.25. The predicted octanol–water partition coefficient (Wildman–Crippen LogP) is 1.33. The molecular weight excluding hydrogens is 310 g/mol. The Morgan fingerprint density at radius 3 is 2.71 bits per heavy atom. The van der Waals surface area contributed by atoms with Crippen LogP contribution in [0.2, 0.25) is 0 Å². The van der Waals surface area contributed by atoms with E-state index in [1.807, 2.05) is 18.2 Å². The Kier molecular flexibility index (Phi) is 4.26. The summed E-state index contributed by atoms with van der Waals surface area (Å²) in [6.07, 6.45) is 2.79. The van der Waals surface area contributed by atoms with E-state index in [9.17, 15) is 8.42 Å². The Labute approximate surface area is 128 Å². The number of aromatic nitrogens is 4. The second-order valence-electron chi connectivity index (χ2n) is 5.41. The minimum absolute atomic E-state index is 0.335. The lowest BCUT2D eigenvalue weighted by Gasteiger charge is -2.25. The van der Waals surface area contributed by atoms with Gasteiger partial charge in [0.15, 0.2) is 10.6 Å². The third-order valence-corrected chi connectivity index (χ3v) is 3.90. The molecule has 9 heteroatoms. The summed E-state index contributed by atoms with van der Waals surface area (Å²) in [6.45, 7) is 3.90. The van der Waals surface area contributed by atoms with Crippen LogP contribution in [0.1, 0.15) is 13.8 Å². The molecule has 0 saturated heterocycles. The Morgan fingerprint density at radius 2 is 2.14 bits per heavy atom. The van der Waals surface area contributed by atoms with Crippen LogP contribution in [0.4, 0.5) is 0 Å². The number of nitrogens with zero attached hydrogens (tertiary/aromatic N) is 3. The summed E-state index contributed by atoms with van der Waals surface area (Å²) >= 11 is 5.22. The van der Waals surface area contributed by atoms with Gasteiger partial charge in [0, 0.05) is 18.3 Å². The maximum atomic E-state index is 11.4. The summed E-state index contributed by atoms with van der Waals surface area (Å²) in [5, 5.41) is 6.89. The lowest BCUT2D eigenvalue weighted by atomic mass is 10.1. The molecule has 0 unspecified atom stereocenters. The predicted molar refractivity (Wildman–Crippen MR) is 82.7 cm³/mol. The van der Waals surface area contributed by atoms with E-state index < -0.39 is 15.6 Å². The van der Waals surface area contributed by atoms with Crippen LogP contribution < -0.4 is 4.72 Å². The average molecular weight is 327 g/mol. The molecule has 0 fully saturated rings. The highest BCUT2D eigenvalue weighted by molar-refractivity contribution is 7.88. The molecule has 7 nitrogen and oxygen atoms in total. The minimum atomic E-state index is -3.32. The fourth-order valence-corrected chi connectivity index (χ4v) is 3.35. The molecule has 0 aliphatic carbocycles. The second-order valence-corrected chi connectivity index (χ2v) is 7.55. The molecule has 2 heterocycles. The standard InChI is InChI=1S/C12H17N5O2S2/c1-12(2,16-21(3,18)19)8-17-10(14-15-11(17)20)9-6-4-5-7-13-9/h4-7,16H,8H2,1-3H3,(H,15,20). The molecule has 114 valence electrons. The van der Waals surface area contributed by atoms with E-state index in [-0.39, 0.29) is 0 Å². The van der Waals surface area contributed by atoms with Crippen molar-refractivity contribution >= 4 is 22.2 Å². The van der Waals surface area contributed by atoms with Crippen molar-refractivity contribution in [2.24, 2.45) is 0 Å². The van der Waals surface area contributed by atoms with Crippen molar-refractivity contribution in [2.75, 3.05) is 6.26 Å². The van der Waals surface area contributed by atoms with Gasteiger partial charge in [-0.25, -0.2) is 13.1 Å². The van der Waals surface area contributed by atoms with Crippen LogP contribution in [0.3, 0.4) is 0 Å². The number of rotatable bonds is 5. The van der Waals surface area contributed by atoms with Gasteiger partial charge in [0.2, 0.25) is 10.0 Å². The summed E-state index contributed by atoms with van der Waals surface area (Å²) in [6, 6.07) is 5.48. The molecule has 0 bridgehead atoms. The molecular formula is C12H17N5O2S2. The summed E-state index contributed by atoms with van der Waals surface area (Å²) < 4.78 is 27.6. The van der Waals surface area contributed by atoms with Crippen LogP contribution in [0, 0.1) is 4.77 Å². The largest absolute Gasteiger partial charge is 0.297 e. The van der Waals surface area contributed by atoms with Crippen LogP contribution in [-0.2, 0) is 16.6 Å². The number of pyridine rings is 1. The van der Waals surface area contributed by atoms with Gasteiger partial charge in [0.1, 0.15) is 5.69 Å². The molecule has 0 saturated carbocycles. The van der Waals surface area contributed by atoms with E-state index in [1.165, 1.54) is 0 Å². The molecule has 0 aliphatic heterocycles. The van der Waals surface area contributed by atoms with Gasteiger partial charge in [-0.1, -0.05) is 6.07 Å². The first-order chi connectivity index (χ1) is 9.68. The summed E-state index contributed by atoms with van der Waals surface area (Å²) in [4.78, 5) is 4.24. The number of aromatic amines is 1. The first-order valence-corrected chi connectivity index (χ1v) is 8.53. The van der Waals surface area contributed by atoms with Crippen molar-refractivity contribution in [3.8, 4) is 11.5 Å². The molecule has 0 radical (unpaired) electrons. The normalized spacial score (nSPS) is 12.5. The van der Waals surface area contributed by atoms with Crippen molar-refractivity contribution in [1.29, 1.82) is 0 Å². The van der Waals surface area contributed by atoms with Gasteiger partial charge in [-0.3, -0.25) is 14.6 Å². The molecule has 2 aromatic rings. The topological polar surface area (TPSA) is 92.7 Å². The molecule has 0 aromatic carbocycles. The van der Waals surface area contributed by atoms with Gasteiger partial charge in [0.05, 0.1) is 6.26 Å². The second kappa shape index (κ2) is 5.66. The smallest absolute Gasteiger partial charge is 0.209 e. The SMILES string of the molecule is CC(C)(Cn1c(-c2ccccn2)n[nH]c1=S)NS(C)(=O)=O.